The maximum absolute atomic E-state index is 12.4. The van der Waals surface area contributed by atoms with Crippen molar-refractivity contribution in [3.05, 3.63) is 71.3 Å². The van der Waals surface area contributed by atoms with Gasteiger partial charge in [-0.3, -0.25) is 9.69 Å². The largest absolute Gasteiger partial charge is 0.508 e. The fourth-order valence-corrected chi connectivity index (χ4v) is 2.70. The van der Waals surface area contributed by atoms with Gasteiger partial charge in [-0.2, -0.15) is 0 Å². The van der Waals surface area contributed by atoms with Crippen LogP contribution in [0.2, 0.25) is 0 Å². The molecular formula is C20H21NO3. The molecule has 24 heavy (non-hydrogen) atoms. The molecule has 2 aromatic carbocycles. The van der Waals surface area contributed by atoms with Crippen molar-refractivity contribution in [2.45, 2.75) is 6.54 Å². The van der Waals surface area contributed by atoms with Gasteiger partial charge in [0.15, 0.2) is 5.78 Å². The second-order valence-electron chi connectivity index (χ2n) is 5.84. The number of benzene rings is 2. The standard InChI is InChI=1S/C20H21NO3/c22-19(8-6-16-4-2-1-3-5-16)17-7-9-20(23)18(14-17)15-21-10-12-24-13-11-21/h1-9,14,23H,10-13,15H2/b8-6+. The van der Waals surface area contributed by atoms with Gasteiger partial charge in [-0.15, -0.1) is 0 Å². The topological polar surface area (TPSA) is 49.8 Å². The minimum Gasteiger partial charge on any atom is -0.508 e. The number of aromatic hydroxyl groups is 1. The molecule has 2 aromatic rings. The van der Waals surface area contributed by atoms with Gasteiger partial charge in [0.05, 0.1) is 13.2 Å². The molecule has 1 heterocycles. The number of phenolic OH excluding ortho intramolecular Hbond substituents is 1. The van der Waals surface area contributed by atoms with E-state index in [1.165, 1.54) is 0 Å². The summed E-state index contributed by atoms with van der Waals surface area (Å²) in [4.78, 5) is 14.6. The lowest BCUT2D eigenvalue weighted by Gasteiger charge is -2.26. The molecule has 0 radical (unpaired) electrons. The van der Waals surface area contributed by atoms with Gasteiger partial charge >= 0.3 is 0 Å². The molecule has 1 aliphatic rings. The average molecular weight is 323 g/mol. The van der Waals surface area contributed by atoms with Gasteiger partial charge in [-0.05, 0) is 29.8 Å². The highest BCUT2D eigenvalue weighted by atomic mass is 16.5. The summed E-state index contributed by atoms with van der Waals surface area (Å²) in [5.74, 6) is 0.159. The smallest absolute Gasteiger partial charge is 0.185 e. The van der Waals surface area contributed by atoms with Crippen molar-refractivity contribution in [2.24, 2.45) is 0 Å². The first-order chi connectivity index (χ1) is 11.7. The van der Waals surface area contributed by atoms with Crippen molar-refractivity contribution in [3.8, 4) is 5.75 Å². The van der Waals surface area contributed by atoms with Gasteiger partial charge in [0.25, 0.3) is 0 Å². The molecule has 1 fully saturated rings. The number of phenols is 1. The van der Waals surface area contributed by atoms with Crippen LogP contribution in [0.25, 0.3) is 6.08 Å². The van der Waals surface area contributed by atoms with Crippen LogP contribution in [-0.2, 0) is 11.3 Å². The highest BCUT2D eigenvalue weighted by Crippen LogP contribution is 2.21. The van der Waals surface area contributed by atoms with E-state index in [9.17, 15) is 9.90 Å². The summed E-state index contributed by atoms with van der Waals surface area (Å²) in [5, 5.41) is 10.1. The van der Waals surface area contributed by atoms with E-state index < -0.39 is 0 Å². The molecule has 0 aromatic heterocycles. The van der Waals surface area contributed by atoms with Crippen LogP contribution in [-0.4, -0.2) is 42.1 Å². The summed E-state index contributed by atoms with van der Waals surface area (Å²) in [6.07, 6.45) is 3.37. The molecule has 0 bridgehead atoms. The van der Waals surface area contributed by atoms with Crippen LogP contribution in [0, 0.1) is 0 Å². The Hall–Kier alpha value is -2.43. The van der Waals surface area contributed by atoms with E-state index in [0.29, 0.717) is 25.3 Å². The minimum absolute atomic E-state index is 0.0675. The van der Waals surface area contributed by atoms with Crippen molar-refractivity contribution < 1.29 is 14.6 Å². The van der Waals surface area contributed by atoms with E-state index in [2.05, 4.69) is 4.90 Å². The first-order valence-corrected chi connectivity index (χ1v) is 8.12. The number of rotatable bonds is 5. The third-order valence-electron chi connectivity index (χ3n) is 4.09. The number of hydrogen-bond acceptors (Lipinski definition) is 4. The average Bonchev–Trinajstić information content (AvgIpc) is 2.63. The molecule has 0 saturated carbocycles. The highest BCUT2D eigenvalue weighted by molar-refractivity contribution is 6.07. The fraction of sp³-hybridized carbons (Fsp3) is 0.250. The van der Waals surface area contributed by atoms with Gasteiger partial charge in [-0.1, -0.05) is 36.4 Å². The summed E-state index contributed by atoms with van der Waals surface area (Å²) in [6.45, 7) is 3.72. The Bertz CT molecular complexity index is 719. The van der Waals surface area contributed by atoms with E-state index in [1.807, 2.05) is 30.3 Å². The van der Waals surface area contributed by atoms with Crippen LogP contribution in [0.15, 0.2) is 54.6 Å². The number of allylic oxidation sites excluding steroid dienone is 1. The Morgan fingerprint density at radius 3 is 2.62 bits per heavy atom. The van der Waals surface area contributed by atoms with E-state index in [4.69, 9.17) is 4.74 Å². The van der Waals surface area contributed by atoms with Crippen LogP contribution in [0.1, 0.15) is 21.5 Å². The summed E-state index contributed by atoms with van der Waals surface area (Å²) >= 11 is 0. The first kappa shape index (κ1) is 16.4. The van der Waals surface area contributed by atoms with Crippen molar-refractivity contribution in [3.63, 3.8) is 0 Å². The molecule has 1 aliphatic heterocycles. The van der Waals surface area contributed by atoms with Crippen LogP contribution in [0.3, 0.4) is 0 Å². The normalized spacial score (nSPS) is 15.7. The lowest BCUT2D eigenvalue weighted by Crippen LogP contribution is -2.35. The SMILES string of the molecule is O=C(/C=C/c1ccccc1)c1ccc(O)c(CN2CCOCC2)c1. The minimum atomic E-state index is -0.0675. The number of morpholine rings is 1. The van der Waals surface area contributed by atoms with E-state index in [-0.39, 0.29) is 11.5 Å². The maximum atomic E-state index is 12.4. The van der Waals surface area contributed by atoms with E-state index >= 15 is 0 Å². The zero-order chi connectivity index (χ0) is 16.8. The third kappa shape index (κ3) is 4.31. The Balaban J connectivity index is 1.72. The summed E-state index contributed by atoms with van der Waals surface area (Å²) in [7, 11) is 0. The van der Waals surface area contributed by atoms with Crippen LogP contribution >= 0.6 is 0 Å². The number of ketones is 1. The molecule has 4 nitrogen and oxygen atoms in total. The lowest BCUT2D eigenvalue weighted by molar-refractivity contribution is 0.0339. The summed E-state index contributed by atoms with van der Waals surface area (Å²) < 4.78 is 5.34. The molecule has 0 spiro atoms. The molecule has 124 valence electrons. The van der Waals surface area contributed by atoms with E-state index in [1.54, 1.807) is 30.4 Å². The maximum Gasteiger partial charge on any atom is 0.185 e. The van der Waals surface area contributed by atoms with Crippen LogP contribution in [0.5, 0.6) is 5.75 Å². The third-order valence-corrected chi connectivity index (χ3v) is 4.09. The van der Waals surface area contributed by atoms with E-state index in [0.717, 1.165) is 24.2 Å². The number of nitrogens with zero attached hydrogens (tertiary/aromatic N) is 1. The molecule has 4 heteroatoms. The quantitative estimate of drug-likeness (QED) is 0.678. The van der Waals surface area contributed by atoms with Gasteiger partial charge in [0.1, 0.15) is 5.75 Å². The summed E-state index contributed by atoms with van der Waals surface area (Å²) in [6, 6.07) is 14.7. The van der Waals surface area contributed by atoms with Gasteiger partial charge in [-0.25, -0.2) is 0 Å². The predicted molar refractivity (Wildman–Crippen MR) is 94.0 cm³/mol. The molecule has 3 rings (SSSR count). The second-order valence-corrected chi connectivity index (χ2v) is 5.84. The molecule has 0 aliphatic carbocycles. The number of ether oxygens (including phenoxy) is 1. The Kier molecular flexibility index (Phi) is 5.41. The Labute approximate surface area is 142 Å². The second kappa shape index (κ2) is 7.90. The highest BCUT2D eigenvalue weighted by Gasteiger charge is 2.14. The van der Waals surface area contributed by atoms with Gasteiger partial charge in [0, 0.05) is 30.8 Å². The number of carbonyl (C=O) groups is 1. The monoisotopic (exact) mass is 323 g/mol. The van der Waals surface area contributed by atoms with Gasteiger partial charge in [0.2, 0.25) is 0 Å². The first-order valence-electron chi connectivity index (χ1n) is 8.12. The number of carbonyl (C=O) groups excluding carboxylic acids is 1. The molecule has 0 atom stereocenters. The van der Waals surface area contributed by atoms with Gasteiger partial charge < -0.3 is 9.84 Å². The Morgan fingerprint density at radius 2 is 1.88 bits per heavy atom. The molecule has 0 amide bonds. The predicted octanol–water partition coefficient (Wildman–Crippen LogP) is 3.12. The van der Waals surface area contributed by atoms with Crippen molar-refractivity contribution in [2.75, 3.05) is 26.3 Å². The van der Waals surface area contributed by atoms with Crippen LogP contribution in [0.4, 0.5) is 0 Å². The molecular weight excluding hydrogens is 302 g/mol. The molecule has 1 saturated heterocycles. The van der Waals surface area contributed by atoms with Crippen molar-refractivity contribution in [1.82, 2.24) is 4.90 Å². The fourth-order valence-electron chi connectivity index (χ4n) is 2.70. The summed E-state index contributed by atoms with van der Waals surface area (Å²) in [5.41, 5.74) is 2.34. The van der Waals surface area contributed by atoms with Crippen molar-refractivity contribution >= 4 is 11.9 Å². The zero-order valence-electron chi connectivity index (χ0n) is 13.5. The molecule has 0 unspecified atom stereocenters. The van der Waals surface area contributed by atoms with Crippen molar-refractivity contribution in [1.29, 1.82) is 0 Å². The number of hydrogen-bond donors (Lipinski definition) is 1. The Morgan fingerprint density at radius 1 is 1.12 bits per heavy atom. The molecule has 1 N–H and O–H groups in total. The zero-order valence-corrected chi connectivity index (χ0v) is 13.5. The van der Waals surface area contributed by atoms with Crippen LogP contribution < -0.4 is 0 Å². The lowest BCUT2D eigenvalue weighted by atomic mass is 10.0.